The van der Waals surface area contributed by atoms with E-state index in [9.17, 15) is 18.4 Å². The first-order chi connectivity index (χ1) is 20.8. The molecule has 218 valence electrons. The summed E-state index contributed by atoms with van der Waals surface area (Å²) in [5.41, 5.74) is 11.0. The summed E-state index contributed by atoms with van der Waals surface area (Å²) in [5, 5.41) is 5.25. The van der Waals surface area contributed by atoms with Crippen molar-refractivity contribution in [2.45, 2.75) is 32.4 Å². The molecule has 5 aromatic rings. The van der Waals surface area contributed by atoms with Crippen molar-refractivity contribution in [2.75, 3.05) is 18.9 Å². The maximum atomic E-state index is 14.0. The van der Waals surface area contributed by atoms with Crippen LogP contribution in [0.5, 0.6) is 11.6 Å². The normalized spacial score (nSPS) is 16.2. The van der Waals surface area contributed by atoms with E-state index in [0.717, 1.165) is 40.6 Å². The van der Waals surface area contributed by atoms with Crippen molar-refractivity contribution in [3.63, 3.8) is 0 Å². The third-order valence-electron chi connectivity index (χ3n) is 8.00. The minimum absolute atomic E-state index is 0.0162. The maximum Gasteiger partial charge on any atom is 0.252 e. The Kier molecular flexibility index (Phi) is 6.42. The van der Waals surface area contributed by atoms with Crippen LogP contribution in [0, 0.1) is 18.6 Å². The highest BCUT2D eigenvalue weighted by atomic mass is 19.1. The number of nitrogen functional groups attached to an aromatic ring is 1. The number of H-pyrrole nitrogens is 1. The number of pyridine rings is 1. The molecule has 1 unspecified atom stereocenters. The number of ether oxygens (including phenoxy) is 2. The van der Waals surface area contributed by atoms with Crippen molar-refractivity contribution in [3.8, 4) is 17.3 Å². The van der Waals surface area contributed by atoms with Gasteiger partial charge in [0.25, 0.3) is 5.91 Å². The summed E-state index contributed by atoms with van der Waals surface area (Å²) in [6, 6.07) is 10.6. The van der Waals surface area contributed by atoms with Crippen LogP contribution < -0.4 is 10.5 Å². The zero-order valence-corrected chi connectivity index (χ0v) is 23.1. The molecule has 3 N–H and O–H groups in total. The summed E-state index contributed by atoms with van der Waals surface area (Å²) in [6.07, 6.45) is 3.90. The zero-order chi connectivity index (χ0) is 29.8. The van der Waals surface area contributed by atoms with Gasteiger partial charge >= 0.3 is 0 Å². The summed E-state index contributed by atoms with van der Waals surface area (Å²) in [6.45, 7) is 3.46. The number of anilines is 1. The molecule has 43 heavy (non-hydrogen) atoms. The van der Waals surface area contributed by atoms with Crippen molar-refractivity contribution >= 4 is 28.4 Å². The van der Waals surface area contributed by atoms with E-state index in [1.807, 2.05) is 23.1 Å². The van der Waals surface area contributed by atoms with Gasteiger partial charge in [-0.25, -0.2) is 18.4 Å². The first-order valence-corrected chi connectivity index (χ1v) is 13.8. The maximum absolute atomic E-state index is 14.0. The van der Waals surface area contributed by atoms with Gasteiger partial charge in [0.15, 0.2) is 11.6 Å². The van der Waals surface area contributed by atoms with Crippen LogP contribution in [0.1, 0.15) is 39.2 Å². The van der Waals surface area contributed by atoms with E-state index in [1.54, 1.807) is 6.92 Å². The van der Waals surface area contributed by atoms with Gasteiger partial charge < -0.3 is 25.1 Å². The number of para-hydroxylation sites is 1. The molecule has 7 rings (SSSR count). The van der Waals surface area contributed by atoms with Crippen LogP contribution in [0.3, 0.4) is 0 Å². The molecule has 1 amide bonds. The van der Waals surface area contributed by atoms with Crippen LogP contribution in [-0.4, -0.2) is 55.6 Å². The standard InChI is InChI=1S/C31H26F2N6O4/c1-16-11-27(43-29-21(32)3-2-4-22(29)33)35-14-25(16)39-30(34)20(13-36-39)28(40)24-12-19-18-7-9-38(31(41)26-8-10-42-26)15-17(18)5-6-23(19)37-24/h2-6,11-14,26,37H,7-10,15,34H2,1H3. The van der Waals surface area contributed by atoms with Crippen molar-refractivity contribution in [1.82, 2.24) is 24.6 Å². The molecular weight excluding hydrogens is 558 g/mol. The van der Waals surface area contributed by atoms with E-state index in [4.69, 9.17) is 15.2 Å². The van der Waals surface area contributed by atoms with E-state index in [1.165, 1.54) is 29.2 Å². The molecule has 10 nitrogen and oxygen atoms in total. The van der Waals surface area contributed by atoms with Gasteiger partial charge in [-0.2, -0.15) is 5.10 Å². The van der Waals surface area contributed by atoms with Gasteiger partial charge in [-0.1, -0.05) is 12.1 Å². The second kappa shape index (κ2) is 10.3. The number of hydrogen-bond acceptors (Lipinski definition) is 7. The molecule has 2 aliphatic heterocycles. The lowest BCUT2D eigenvalue weighted by Gasteiger charge is -2.35. The number of benzene rings is 2. The number of carbonyl (C=O) groups is 2. The number of aromatic nitrogens is 4. The summed E-state index contributed by atoms with van der Waals surface area (Å²) in [7, 11) is 0. The summed E-state index contributed by atoms with van der Waals surface area (Å²) >= 11 is 0. The molecule has 3 aromatic heterocycles. The Morgan fingerprint density at radius 3 is 2.65 bits per heavy atom. The van der Waals surface area contributed by atoms with Crippen LogP contribution in [-0.2, 0) is 22.5 Å². The minimum atomic E-state index is -0.850. The van der Waals surface area contributed by atoms with Gasteiger partial charge in [0.05, 0.1) is 35.9 Å². The number of amides is 1. The summed E-state index contributed by atoms with van der Waals surface area (Å²) in [5.74, 6) is -2.46. The molecule has 5 heterocycles. The molecular formula is C31H26F2N6O4. The first-order valence-electron chi connectivity index (χ1n) is 13.8. The SMILES string of the molecule is Cc1cc(Oc2c(F)cccc2F)ncc1-n1ncc(C(=O)c2cc3c4c(ccc3[nH]2)CN(C(=O)C2CCO2)CC4)c1N. The number of fused-ring (bicyclic) bond motifs is 3. The predicted molar refractivity (Wildman–Crippen MR) is 152 cm³/mol. The van der Waals surface area contributed by atoms with Gasteiger partial charge in [-0.3, -0.25) is 9.59 Å². The van der Waals surface area contributed by atoms with Gasteiger partial charge in [0, 0.05) is 36.5 Å². The third kappa shape index (κ3) is 4.59. The van der Waals surface area contributed by atoms with E-state index >= 15 is 0 Å². The molecule has 0 aliphatic carbocycles. The third-order valence-corrected chi connectivity index (χ3v) is 8.00. The van der Waals surface area contributed by atoms with Crippen LogP contribution in [0.2, 0.25) is 0 Å². The van der Waals surface area contributed by atoms with Crippen molar-refractivity contribution in [2.24, 2.45) is 0 Å². The lowest BCUT2D eigenvalue weighted by atomic mass is 9.95. The highest BCUT2D eigenvalue weighted by molar-refractivity contribution is 6.12. The molecule has 2 aromatic carbocycles. The van der Waals surface area contributed by atoms with Crippen molar-refractivity contribution in [1.29, 1.82) is 0 Å². The average Bonchev–Trinajstić information content (AvgIpc) is 3.57. The number of nitrogens with one attached hydrogen (secondary N) is 1. The smallest absolute Gasteiger partial charge is 0.252 e. The van der Waals surface area contributed by atoms with E-state index < -0.39 is 17.4 Å². The van der Waals surface area contributed by atoms with Crippen LogP contribution in [0.15, 0.2) is 54.9 Å². The average molecular weight is 585 g/mol. The first kappa shape index (κ1) is 26.8. The molecule has 12 heteroatoms. The van der Waals surface area contributed by atoms with Gasteiger partial charge in [-0.15, -0.1) is 0 Å². The van der Waals surface area contributed by atoms with Crippen molar-refractivity contribution < 1.29 is 27.8 Å². The number of halogens is 2. The Labute approximate surface area is 244 Å². The Balaban J connectivity index is 1.13. The quantitative estimate of drug-likeness (QED) is 0.279. The van der Waals surface area contributed by atoms with Crippen molar-refractivity contribution in [3.05, 3.63) is 94.4 Å². The number of carbonyl (C=O) groups excluding carboxylic acids is 2. The number of rotatable bonds is 6. The second-order valence-corrected chi connectivity index (χ2v) is 10.7. The number of aryl methyl sites for hydroxylation is 1. The molecule has 0 spiro atoms. The molecule has 0 saturated carbocycles. The fourth-order valence-corrected chi connectivity index (χ4v) is 5.58. The molecule has 1 fully saturated rings. The highest BCUT2D eigenvalue weighted by Crippen LogP contribution is 2.32. The fourth-order valence-electron chi connectivity index (χ4n) is 5.58. The molecule has 0 bridgehead atoms. The van der Waals surface area contributed by atoms with E-state index in [2.05, 4.69) is 15.1 Å². The number of aromatic amines is 1. The van der Waals surface area contributed by atoms with Gasteiger partial charge in [0.2, 0.25) is 17.4 Å². The summed E-state index contributed by atoms with van der Waals surface area (Å²) < 4.78 is 40.1. The number of ketones is 1. The molecule has 0 radical (unpaired) electrons. The topological polar surface area (TPSA) is 128 Å². The molecule has 2 aliphatic rings. The molecule has 1 saturated heterocycles. The van der Waals surface area contributed by atoms with Gasteiger partial charge in [-0.05, 0) is 54.3 Å². The number of hydrogen-bond donors (Lipinski definition) is 2. The van der Waals surface area contributed by atoms with Crippen LogP contribution >= 0.6 is 0 Å². The highest BCUT2D eigenvalue weighted by Gasteiger charge is 2.33. The lowest BCUT2D eigenvalue weighted by Crippen LogP contribution is -2.47. The Hall–Kier alpha value is -5.10. The van der Waals surface area contributed by atoms with E-state index in [-0.39, 0.29) is 35.1 Å². The van der Waals surface area contributed by atoms with Crippen LogP contribution in [0.4, 0.5) is 14.6 Å². The van der Waals surface area contributed by atoms with Crippen LogP contribution in [0.25, 0.3) is 16.6 Å². The van der Waals surface area contributed by atoms with E-state index in [0.29, 0.717) is 43.1 Å². The Morgan fingerprint density at radius 2 is 1.93 bits per heavy atom. The Morgan fingerprint density at radius 1 is 1.14 bits per heavy atom. The molecule has 1 atom stereocenters. The lowest BCUT2D eigenvalue weighted by molar-refractivity contribution is -0.157. The Bertz CT molecular complexity index is 1910. The predicted octanol–water partition coefficient (Wildman–Crippen LogP) is 4.61. The number of nitrogens with zero attached hydrogens (tertiary/aromatic N) is 4. The van der Waals surface area contributed by atoms with Gasteiger partial charge in [0.1, 0.15) is 11.9 Å². The second-order valence-electron chi connectivity index (χ2n) is 10.7. The fraction of sp³-hybridized carbons (Fsp3) is 0.226. The number of nitrogens with two attached hydrogens (primary N) is 1. The summed E-state index contributed by atoms with van der Waals surface area (Å²) in [4.78, 5) is 35.4. The zero-order valence-electron chi connectivity index (χ0n) is 23.1. The monoisotopic (exact) mass is 584 g/mol. The minimum Gasteiger partial charge on any atom is -0.433 e. The largest absolute Gasteiger partial charge is 0.433 e.